The van der Waals surface area contributed by atoms with Gasteiger partial charge >= 0.3 is 0 Å². The molecule has 2 aliphatic rings. The number of nitrogens with one attached hydrogen (secondary N) is 2. The topological polar surface area (TPSA) is 44.4 Å². The number of rotatable bonds is 3. The maximum atomic E-state index is 12.1. The van der Waals surface area contributed by atoms with Crippen LogP contribution >= 0.6 is 0 Å². The van der Waals surface area contributed by atoms with Crippen LogP contribution in [-0.2, 0) is 4.79 Å². The summed E-state index contributed by atoms with van der Waals surface area (Å²) in [6.07, 6.45) is 4.75. The van der Waals surface area contributed by atoms with Gasteiger partial charge in [0.25, 0.3) is 0 Å². The Kier molecular flexibility index (Phi) is 4.62. The zero-order valence-electron chi connectivity index (χ0n) is 11.8. The van der Waals surface area contributed by atoms with E-state index in [1.807, 2.05) is 0 Å². The van der Waals surface area contributed by atoms with Crippen molar-refractivity contribution in [1.29, 1.82) is 0 Å². The molecule has 0 aromatic rings. The van der Waals surface area contributed by atoms with Crippen molar-refractivity contribution in [2.24, 2.45) is 5.41 Å². The summed E-state index contributed by atoms with van der Waals surface area (Å²) in [6, 6.07) is 0.370. The van der Waals surface area contributed by atoms with E-state index in [2.05, 4.69) is 29.4 Å². The monoisotopic (exact) mass is 253 g/mol. The van der Waals surface area contributed by atoms with Gasteiger partial charge in [0, 0.05) is 19.1 Å². The average molecular weight is 253 g/mol. The van der Waals surface area contributed by atoms with Crippen molar-refractivity contribution in [3.05, 3.63) is 0 Å². The molecule has 2 rings (SSSR count). The smallest absolute Gasteiger partial charge is 0.234 e. The third-order valence-corrected chi connectivity index (χ3v) is 4.39. The summed E-state index contributed by atoms with van der Waals surface area (Å²) in [5.74, 6) is 0.205. The molecule has 0 aromatic heterocycles. The number of hydrogen-bond donors (Lipinski definition) is 2. The molecule has 1 aliphatic carbocycles. The Labute approximate surface area is 110 Å². The zero-order valence-corrected chi connectivity index (χ0v) is 11.8. The molecule has 2 fully saturated rings. The van der Waals surface area contributed by atoms with Crippen molar-refractivity contribution < 1.29 is 4.79 Å². The van der Waals surface area contributed by atoms with Gasteiger partial charge in [0.2, 0.25) is 5.91 Å². The fourth-order valence-electron chi connectivity index (χ4n) is 3.10. The SMILES string of the molecule is CC1(C)CCCC1NC(=O)CN1CCCNCC1. The van der Waals surface area contributed by atoms with Crippen molar-refractivity contribution in [2.45, 2.75) is 45.6 Å². The molecule has 1 atom stereocenters. The third kappa shape index (κ3) is 3.69. The molecule has 4 heteroatoms. The number of hydrogen-bond acceptors (Lipinski definition) is 3. The molecular weight excluding hydrogens is 226 g/mol. The summed E-state index contributed by atoms with van der Waals surface area (Å²) in [5.41, 5.74) is 0.274. The van der Waals surface area contributed by atoms with E-state index in [1.165, 1.54) is 12.8 Å². The van der Waals surface area contributed by atoms with Gasteiger partial charge in [0.15, 0.2) is 0 Å². The fraction of sp³-hybridized carbons (Fsp3) is 0.929. The highest BCUT2D eigenvalue weighted by Crippen LogP contribution is 2.37. The maximum absolute atomic E-state index is 12.1. The molecule has 1 aliphatic heterocycles. The molecule has 0 bridgehead atoms. The Morgan fingerprint density at radius 1 is 1.33 bits per heavy atom. The van der Waals surface area contributed by atoms with Crippen molar-refractivity contribution >= 4 is 5.91 Å². The summed E-state index contributed by atoms with van der Waals surface area (Å²) in [6.45, 7) is 9.20. The van der Waals surface area contributed by atoms with E-state index < -0.39 is 0 Å². The van der Waals surface area contributed by atoms with E-state index in [1.54, 1.807) is 0 Å². The molecule has 0 radical (unpaired) electrons. The Balaban J connectivity index is 1.77. The van der Waals surface area contributed by atoms with Gasteiger partial charge in [0.1, 0.15) is 0 Å². The molecule has 0 spiro atoms. The lowest BCUT2D eigenvalue weighted by Crippen LogP contribution is -2.46. The van der Waals surface area contributed by atoms with Crippen molar-refractivity contribution in [2.75, 3.05) is 32.7 Å². The van der Waals surface area contributed by atoms with E-state index in [9.17, 15) is 4.79 Å². The third-order valence-electron chi connectivity index (χ3n) is 4.39. The molecule has 1 unspecified atom stereocenters. The van der Waals surface area contributed by atoms with Crippen LogP contribution in [0.3, 0.4) is 0 Å². The summed E-state index contributed by atoms with van der Waals surface area (Å²) in [5, 5.41) is 6.60. The first kappa shape index (κ1) is 13.8. The lowest BCUT2D eigenvalue weighted by atomic mass is 9.87. The predicted molar refractivity (Wildman–Crippen MR) is 73.5 cm³/mol. The standard InChI is InChI=1S/C14H27N3O/c1-14(2)6-3-5-12(14)16-13(18)11-17-9-4-7-15-8-10-17/h12,15H,3-11H2,1-2H3,(H,16,18). The number of carbonyl (C=O) groups is 1. The molecular formula is C14H27N3O. The Morgan fingerprint density at radius 3 is 2.89 bits per heavy atom. The number of amides is 1. The van der Waals surface area contributed by atoms with Crippen LogP contribution < -0.4 is 10.6 Å². The summed E-state index contributed by atoms with van der Waals surface area (Å²) in [7, 11) is 0. The maximum Gasteiger partial charge on any atom is 0.234 e. The normalized spacial score (nSPS) is 28.9. The van der Waals surface area contributed by atoms with Crippen LogP contribution in [0.25, 0.3) is 0 Å². The van der Waals surface area contributed by atoms with Crippen LogP contribution in [0.4, 0.5) is 0 Å². The van der Waals surface area contributed by atoms with E-state index >= 15 is 0 Å². The largest absolute Gasteiger partial charge is 0.352 e. The summed E-state index contributed by atoms with van der Waals surface area (Å²) >= 11 is 0. The molecule has 2 N–H and O–H groups in total. The van der Waals surface area contributed by atoms with Crippen LogP contribution in [0, 0.1) is 5.41 Å². The van der Waals surface area contributed by atoms with Crippen LogP contribution in [0.15, 0.2) is 0 Å². The van der Waals surface area contributed by atoms with Crippen LogP contribution in [-0.4, -0.2) is 49.6 Å². The Morgan fingerprint density at radius 2 is 2.17 bits per heavy atom. The van der Waals surface area contributed by atoms with Crippen LogP contribution in [0.1, 0.15) is 39.5 Å². The summed E-state index contributed by atoms with van der Waals surface area (Å²) < 4.78 is 0. The highest BCUT2D eigenvalue weighted by Gasteiger charge is 2.35. The quantitative estimate of drug-likeness (QED) is 0.788. The second-order valence-electron chi connectivity index (χ2n) is 6.38. The molecule has 104 valence electrons. The zero-order chi connectivity index (χ0) is 13.0. The second kappa shape index (κ2) is 6.02. The molecule has 4 nitrogen and oxygen atoms in total. The number of carbonyl (C=O) groups excluding carboxylic acids is 1. The minimum atomic E-state index is 0.205. The first-order valence-electron chi connectivity index (χ1n) is 7.30. The van der Waals surface area contributed by atoms with Gasteiger partial charge in [-0.05, 0) is 37.8 Å². The second-order valence-corrected chi connectivity index (χ2v) is 6.38. The van der Waals surface area contributed by atoms with Crippen molar-refractivity contribution in [3.63, 3.8) is 0 Å². The van der Waals surface area contributed by atoms with Gasteiger partial charge in [-0.25, -0.2) is 0 Å². The average Bonchev–Trinajstić information content (AvgIpc) is 2.54. The summed E-state index contributed by atoms with van der Waals surface area (Å²) in [4.78, 5) is 14.4. The Bertz CT molecular complexity index is 283. The van der Waals surface area contributed by atoms with Crippen molar-refractivity contribution in [1.82, 2.24) is 15.5 Å². The minimum absolute atomic E-state index is 0.205. The van der Waals surface area contributed by atoms with Crippen molar-refractivity contribution in [3.8, 4) is 0 Å². The van der Waals surface area contributed by atoms with Crippen LogP contribution in [0.2, 0.25) is 0 Å². The molecule has 18 heavy (non-hydrogen) atoms. The fourth-order valence-corrected chi connectivity index (χ4v) is 3.10. The van der Waals surface area contributed by atoms with Gasteiger partial charge in [-0.15, -0.1) is 0 Å². The molecule has 0 aromatic carbocycles. The molecule has 1 heterocycles. The van der Waals surface area contributed by atoms with Gasteiger partial charge in [-0.2, -0.15) is 0 Å². The number of nitrogens with zero attached hydrogens (tertiary/aromatic N) is 1. The predicted octanol–water partition coefficient (Wildman–Crippen LogP) is 0.977. The van der Waals surface area contributed by atoms with E-state index in [0.717, 1.165) is 39.0 Å². The van der Waals surface area contributed by atoms with Gasteiger partial charge < -0.3 is 10.6 Å². The minimum Gasteiger partial charge on any atom is -0.352 e. The lowest BCUT2D eigenvalue weighted by molar-refractivity contribution is -0.123. The molecule has 1 saturated carbocycles. The van der Waals surface area contributed by atoms with E-state index in [-0.39, 0.29) is 11.3 Å². The highest BCUT2D eigenvalue weighted by atomic mass is 16.2. The highest BCUT2D eigenvalue weighted by molar-refractivity contribution is 5.78. The first-order chi connectivity index (χ1) is 8.58. The van der Waals surface area contributed by atoms with E-state index in [4.69, 9.17) is 0 Å². The van der Waals surface area contributed by atoms with Gasteiger partial charge in [-0.3, -0.25) is 9.69 Å². The first-order valence-corrected chi connectivity index (χ1v) is 7.30. The molecule has 1 amide bonds. The van der Waals surface area contributed by atoms with Crippen LogP contribution in [0.5, 0.6) is 0 Å². The molecule has 1 saturated heterocycles. The van der Waals surface area contributed by atoms with Gasteiger partial charge in [0.05, 0.1) is 6.54 Å². The van der Waals surface area contributed by atoms with Gasteiger partial charge in [-0.1, -0.05) is 20.3 Å². The Hall–Kier alpha value is -0.610. The lowest BCUT2D eigenvalue weighted by Gasteiger charge is -2.29. The van der Waals surface area contributed by atoms with E-state index in [0.29, 0.717) is 12.6 Å².